The van der Waals surface area contributed by atoms with Crippen LogP contribution < -0.4 is 0 Å². The number of hydrogen-bond acceptors (Lipinski definition) is 4. The second kappa shape index (κ2) is 5.75. The second-order valence-corrected chi connectivity index (χ2v) is 5.79. The van der Waals surface area contributed by atoms with Gasteiger partial charge in [0.2, 0.25) is 4.57 Å². The van der Waals surface area contributed by atoms with Crippen molar-refractivity contribution in [3.63, 3.8) is 0 Å². The van der Waals surface area contributed by atoms with Crippen molar-refractivity contribution in [1.29, 1.82) is 0 Å². The molecule has 0 rings (SSSR count). The van der Waals surface area contributed by atoms with Crippen molar-refractivity contribution in [2.24, 2.45) is 0 Å². The molecule has 0 bridgehead atoms. The minimum atomic E-state index is -3.55. The average Bonchev–Trinajstić information content (AvgIpc) is 2.03. The number of rotatable bonds is 6. The molecule has 7 heteroatoms. The van der Waals surface area contributed by atoms with Gasteiger partial charge in [0.05, 0.1) is 13.2 Å². The maximum Gasteiger partial charge on any atom is 0.355 e. The van der Waals surface area contributed by atoms with Crippen molar-refractivity contribution >= 4 is 29.5 Å². The molecule has 0 aliphatic carbocycles. The highest BCUT2D eigenvalue weighted by Gasteiger charge is 2.39. The number of alkyl halides is 1. The third-order valence-electron chi connectivity index (χ3n) is 1.10. The fourth-order valence-corrected chi connectivity index (χ4v) is 2.70. The molecule has 0 aliphatic rings. The highest BCUT2D eigenvalue weighted by molar-refractivity contribution is 9.11. The monoisotopic (exact) mass is 274 g/mol. The number of carboxylic acid groups (broad SMARTS) is 1. The van der Waals surface area contributed by atoms with Crippen molar-refractivity contribution in [3.05, 3.63) is 0 Å². The van der Waals surface area contributed by atoms with E-state index in [1.54, 1.807) is 13.8 Å². The first-order valence-electron chi connectivity index (χ1n) is 3.73. The summed E-state index contributed by atoms with van der Waals surface area (Å²) in [5, 5.41) is 8.59. The summed E-state index contributed by atoms with van der Waals surface area (Å²) in [6.45, 7) is 3.53. The van der Waals surface area contributed by atoms with Gasteiger partial charge in [-0.05, 0) is 13.8 Å². The van der Waals surface area contributed by atoms with Gasteiger partial charge < -0.3 is 14.2 Å². The summed E-state index contributed by atoms with van der Waals surface area (Å²) in [6, 6.07) is 0. The molecular formula is C6H12BrO5P. The smallest absolute Gasteiger partial charge is 0.355 e. The molecule has 1 N–H and O–H groups in total. The lowest BCUT2D eigenvalue weighted by Gasteiger charge is -2.18. The predicted octanol–water partition coefficient (Wildman–Crippen LogP) is 2.06. The van der Waals surface area contributed by atoms with Gasteiger partial charge in [0.25, 0.3) is 0 Å². The molecule has 0 saturated carbocycles. The van der Waals surface area contributed by atoms with E-state index in [0.29, 0.717) is 0 Å². The minimum absolute atomic E-state index is 0.145. The SMILES string of the molecule is CCOP(=O)(OCC)[C@H](Br)C(=O)O. The topological polar surface area (TPSA) is 72.8 Å². The maximum absolute atomic E-state index is 11.7. The molecule has 1 atom stereocenters. The molecule has 0 spiro atoms. The Morgan fingerprint density at radius 1 is 1.46 bits per heavy atom. The van der Waals surface area contributed by atoms with Crippen LogP contribution in [0, 0.1) is 0 Å². The van der Waals surface area contributed by atoms with E-state index in [4.69, 9.17) is 14.2 Å². The van der Waals surface area contributed by atoms with Crippen LogP contribution in [0.4, 0.5) is 0 Å². The Labute approximate surface area is 85.1 Å². The highest BCUT2D eigenvalue weighted by atomic mass is 79.9. The lowest BCUT2D eigenvalue weighted by atomic mass is 10.8. The zero-order valence-electron chi connectivity index (χ0n) is 7.40. The molecule has 0 aromatic heterocycles. The van der Waals surface area contributed by atoms with Gasteiger partial charge in [-0.25, -0.2) is 0 Å². The molecule has 13 heavy (non-hydrogen) atoms. The van der Waals surface area contributed by atoms with Crippen LogP contribution in [0.1, 0.15) is 13.8 Å². The predicted molar refractivity (Wildman–Crippen MR) is 51.2 cm³/mol. The fourth-order valence-electron chi connectivity index (χ4n) is 0.663. The molecule has 0 fully saturated rings. The van der Waals surface area contributed by atoms with Crippen LogP contribution in [0.25, 0.3) is 0 Å². The minimum Gasteiger partial charge on any atom is -0.480 e. The largest absolute Gasteiger partial charge is 0.480 e. The van der Waals surface area contributed by atoms with Crippen molar-refractivity contribution in [2.75, 3.05) is 13.2 Å². The van der Waals surface area contributed by atoms with Crippen molar-refractivity contribution < 1.29 is 23.5 Å². The van der Waals surface area contributed by atoms with E-state index < -0.39 is 18.1 Å². The highest BCUT2D eigenvalue weighted by Crippen LogP contribution is 2.55. The molecule has 0 aromatic rings. The normalized spacial score (nSPS) is 14.1. The molecule has 0 aromatic carbocycles. The molecule has 0 aliphatic heterocycles. The van der Waals surface area contributed by atoms with Gasteiger partial charge in [-0.3, -0.25) is 9.36 Å². The number of aliphatic carboxylic acids is 1. The molecule has 78 valence electrons. The number of hydrogen-bond donors (Lipinski definition) is 1. The Hall–Kier alpha value is 0.100. The van der Waals surface area contributed by atoms with Gasteiger partial charge in [0.15, 0.2) is 0 Å². The van der Waals surface area contributed by atoms with Gasteiger partial charge >= 0.3 is 13.6 Å². The average molecular weight is 275 g/mol. The quantitative estimate of drug-likeness (QED) is 0.593. The number of halogens is 1. The summed E-state index contributed by atoms with van der Waals surface area (Å²) in [7, 11) is -3.55. The molecule has 0 heterocycles. The van der Waals surface area contributed by atoms with Crippen LogP contribution in [0.2, 0.25) is 0 Å². The van der Waals surface area contributed by atoms with Crippen molar-refractivity contribution in [1.82, 2.24) is 0 Å². The lowest BCUT2D eigenvalue weighted by molar-refractivity contribution is -0.135. The Morgan fingerprint density at radius 3 is 2.08 bits per heavy atom. The van der Waals surface area contributed by atoms with E-state index >= 15 is 0 Å². The zero-order valence-corrected chi connectivity index (χ0v) is 9.88. The first-order chi connectivity index (χ1) is 5.98. The van der Waals surface area contributed by atoms with Crippen LogP contribution in [0.5, 0.6) is 0 Å². The van der Waals surface area contributed by atoms with Crippen LogP contribution in [-0.4, -0.2) is 28.9 Å². The van der Waals surface area contributed by atoms with E-state index in [1.807, 2.05) is 0 Å². The van der Waals surface area contributed by atoms with Crippen molar-refractivity contribution in [3.8, 4) is 0 Å². The van der Waals surface area contributed by atoms with Gasteiger partial charge in [0.1, 0.15) is 0 Å². The van der Waals surface area contributed by atoms with E-state index in [9.17, 15) is 9.36 Å². The van der Waals surface area contributed by atoms with E-state index in [-0.39, 0.29) is 13.2 Å². The summed E-state index contributed by atoms with van der Waals surface area (Å²) in [5.41, 5.74) is 0. The van der Waals surface area contributed by atoms with Gasteiger partial charge in [-0.2, -0.15) is 0 Å². The van der Waals surface area contributed by atoms with E-state index in [1.165, 1.54) is 0 Å². The maximum atomic E-state index is 11.7. The summed E-state index contributed by atoms with van der Waals surface area (Å²) >= 11 is 2.75. The van der Waals surface area contributed by atoms with Crippen LogP contribution in [0.3, 0.4) is 0 Å². The summed E-state index contributed by atoms with van der Waals surface area (Å²) in [6.07, 6.45) is 0. The first-order valence-corrected chi connectivity index (χ1v) is 6.26. The van der Waals surface area contributed by atoms with Crippen molar-refractivity contribution in [2.45, 2.75) is 18.4 Å². The Kier molecular flexibility index (Phi) is 5.80. The molecular weight excluding hydrogens is 263 g/mol. The number of carboxylic acids is 1. The standard InChI is InChI=1S/C6H12BrO5P/c1-3-11-13(10,12-4-2)5(7)6(8)9/h5H,3-4H2,1-2H3,(H,8,9)/t5-/m0/s1. The summed E-state index contributed by atoms with van der Waals surface area (Å²) < 4.78 is 20.0. The Morgan fingerprint density at radius 2 is 1.85 bits per heavy atom. The van der Waals surface area contributed by atoms with E-state index in [2.05, 4.69) is 15.9 Å². The van der Waals surface area contributed by atoms with Crippen LogP contribution in [-0.2, 0) is 18.4 Å². The summed E-state index contributed by atoms with van der Waals surface area (Å²) in [4.78, 5) is 10.5. The third-order valence-corrected chi connectivity index (χ3v) is 5.01. The second-order valence-electron chi connectivity index (χ2n) is 2.05. The molecule has 0 amide bonds. The first kappa shape index (κ1) is 13.1. The van der Waals surface area contributed by atoms with Crippen LogP contribution >= 0.6 is 23.5 Å². The summed E-state index contributed by atoms with van der Waals surface area (Å²) in [5.74, 6) is -1.26. The zero-order chi connectivity index (χ0) is 10.5. The molecule has 5 nitrogen and oxygen atoms in total. The molecule has 0 unspecified atom stereocenters. The number of carbonyl (C=O) groups is 1. The lowest BCUT2D eigenvalue weighted by Crippen LogP contribution is -2.16. The molecule has 0 radical (unpaired) electrons. The van der Waals surface area contributed by atoms with Gasteiger partial charge in [0, 0.05) is 0 Å². The fraction of sp³-hybridized carbons (Fsp3) is 0.833. The van der Waals surface area contributed by atoms with E-state index in [0.717, 1.165) is 0 Å². The third kappa shape index (κ3) is 3.77. The Balaban J connectivity index is 4.57. The van der Waals surface area contributed by atoms with Crippen LogP contribution in [0.15, 0.2) is 0 Å². The van der Waals surface area contributed by atoms with Gasteiger partial charge in [-0.1, -0.05) is 15.9 Å². The Bertz CT molecular complexity index is 209. The molecule has 0 saturated heterocycles. The van der Waals surface area contributed by atoms with Gasteiger partial charge in [-0.15, -0.1) is 0 Å².